The van der Waals surface area contributed by atoms with E-state index < -0.39 is 6.04 Å². The van der Waals surface area contributed by atoms with Crippen molar-refractivity contribution in [2.45, 2.75) is 77.5 Å². The molecular formula is C42H54N10O4. The van der Waals surface area contributed by atoms with Gasteiger partial charge in [-0.25, -0.2) is 15.0 Å². The number of likely N-dealkylation sites (tertiary alicyclic amines) is 2. The van der Waals surface area contributed by atoms with Crippen LogP contribution in [0.2, 0.25) is 0 Å². The molecule has 2 fully saturated rings. The van der Waals surface area contributed by atoms with Gasteiger partial charge in [0.2, 0.25) is 18.2 Å². The number of carbonyl (C=O) groups is 2. The second-order valence-corrected chi connectivity index (χ2v) is 15.6. The fourth-order valence-electron chi connectivity index (χ4n) is 7.96. The fourth-order valence-corrected chi connectivity index (χ4v) is 7.96. The smallest absolute Gasteiger partial charge is 0.248 e. The fraction of sp³-hybridized carbons (Fsp3) is 0.476. The van der Waals surface area contributed by atoms with E-state index in [2.05, 4.69) is 97.4 Å². The molecule has 0 aliphatic carbocycles. The predicted octanol–water partition coefficient (Wildman–Crippen LogP) is 6.01. The third-order valence-electron chi connectivity index (χ3n) is 11.1. The van der Waals surface area contributed by atoms with Gasteiger partial charge in [0.15, 0.2) is 5.96 Å². The minimum absolute atomic E-state index is 0.00145. The first-order valence-corrected chi connectivity index (χ1v) is 19.8. The third kappa shape index (κ3) is 8.20. The Morgan fingerprint density at radius 1 is 0.786 bits per heavy atom. The van der Waals surface area contributed by atoms with Crippen LogP contribution in [0.3, 0.4) is 0 Å². The van der Waals surface area contributed by atoms with Gasteiger partial charge in [-0.2, -0.15) is 4.89 Å². The second-order valence-electron chi connectivity index (χ2n) is 15.6. The number of guanidine groups is 1. The zero-order chi connectivity index (χ0) is 39.3. The van der Waals surface area contributed by atoms with Gasteiger partial charge in [-0.3, -0.25) is 14.6 Å². The van der Waals surface area contributed by atoms with Crippen molar-refractivity contribution in [3.05, 3.63) is 72.6 Å². The Morgan fingerprint density at radius 3 is 1.77 bits per heavy atom. The van der Waals surface area contributed by atoms with Crippen molar-refractivity contribution in [1.82, 2.24) is 40.0 Å². The Morgan fingerprint density at radius 2 is 1.30 bits per heavy atom. The zero-order valence-corrected chi connectivity index (χ0v) is 33.2. The van der Waals surface area contributed by atoms with E-state index in [-0.39, 0.29) is 41.8 Å². The molecule has 14 heteroatoms. The number of aromatic nitrogens is 4. The SMILES string of the molecule is COOC=N[C@H](C(=O)N1CCC[C@H]1c1ncc(-c2ccc(-c3ccc(-c4cnc([C@@H]5CCCN5C(=O)[C@@H](NC5=NCCN5C)C(C)C)[nH]4)cc3)cc2)[nH]1)C(C)C. The lowest BCUT2D eigenvalue weighted by Crippen LogP contribution is -2.53. The molecule has 2 saturated heterocycles. The number of rotatable bonds is 13. The molecule has 3 aliphatic rings. The van der Waals surface area contributed by atoms with Crippen LogP contribution < -0.4 is 5.32 Å². The summed E-state index contributed by atoms with van der Waals surface area (Å²) in [4.78, 5) is 68.2. The minimum atomic E-state index is -0.565. The monoisotopic (exact) mass is 762 g/mol. The van der Waals surface area contributed by atoms with Crippen molar-refractivity contribution in [2.24, 2.45) is 21.8 Å². The average Bonchev–Trinajstić information content (AvgIpc) is 4.05. The molecule has 296 valence electrons. The van der Waals surface area contributed by atoms with E-state index in [0.29, 0.717) is 13.1 Å². The topological polar surface area (TPSA) is 156 Å². The van der Waals surface area contributed by atoms with Crippen molar-refractivity contribution in [2.75, 3.05) is 40.3 Å². The molecule has 3 aliphatic heterocycles. The highest BCUT2D eigenvalue weighted by Gasteiger charge is 2.38. The Bertz CT molecular complexity index is 2020. The molecule has 2 aromatic heterocycles. The summed E-state index contributed by atoms with van der Waals surface area (Å²) in [5.41, 5.74) is 6.06. The molecule has 0 spiro atoms. The Labute approximate surface area is 328 Å². The molecule has 2 aromatic carbocycles. The maximum absolute atomic E-state index is 13.9. The predicted molar refractivity (Wildman–Crippen MR) is 216 cm³/mol. The number of carbonyl (C=O) groups excluding carboxylic acids is 2. The van der Waals surface area contributed by atoms with Gasteiger partial charge in [-0.1, -0.05) is 76.2 Å². The quantitative estimate of drug-likeness (QED) is 0.0648. The van der Waals surface area contributed by atoms with Gasteiger partial charge >= 0.3 is 0 Å². The molecule has 5 heterocycles. The summed E-state index contributed by atoms with van der Waals surface area (Å²) in [5, 5.41) is 3.43. The van der Waals surface area contributed by atoms with Crippen molar-refractivity contribution >= 4 is 24.2 Å². The third-order valence-corrected chi connectivity index (χ3v) is 11.1. The van der Waals surface area contributed by atoms with E-state index in [0.717, 1.165) is 90.0 Å². The number of likely N-dealkylation sites (N-methyl/N-ethyl adjacent to an activating group) is 1. The van der Waals surface area contributed by atoms with Crippen LogP contribution in [0, 0.1) is 11.8 Å². The highest BCUT2D eigenvalue weighted by molar-refractivity contribution is 5.90. The van der Waals surface area contributed by atoms with E-state index in [9.17, 15) is 9.59 Å². The van der Waals surface area contributed by atoms with Gasteiger partial charge < -0.3 is 34.9 Å². The number of hydrogen-bond donors (Lipinski definition) is 3. The number of amides is 2. The summed E-state index contributed by atoms with van der Waals surface area (Å²) in [5.74, 6) is 2.55. The highest BCUT2D eigenvalue weighted by atomic mass is 17.2. The molecule has 4 atom stereocenters. The molecule has 56 heavy (non-hydrogen) atoms. The molecule has 3 N–H and O–H groups in total. The summed E-state index contributed by atoms with van der Waals surface area (Å²) in [6, 6.07) is 15.7. The lowest BCUT2D eigenvalue weighted by atomic mass is 10.0. The lowest BCUT2D eigenvalue weighted by molar-refractivity contribution is -0.188. The number of H-pyrrole nitrogens is 2. The normalized spacial score (nSPS) is 19.7. The van der Waals surface area contributed by atoms with Crippen LogP contribution in [0.5, 0.6) is 0 Å². The molecule has 4 aromatic rings. The van der Waals surface area contributed by atoms with Crippen LogP contribution in [-0.2, 0) is 19.4 Å². The molecule has 7 rings (SSSR count). The number of hydrogen-bond acceptors (Lipinski definition) is 10. The lowest BCUT2D eigenvalue weighted by Gasteiger charge is -2.31. The molecule has 2 amide bonds. The maximum Gasteiger partial charge on any atom is 0.248 e. The van der Waals surface area contributed by atoms with Crippen LogP contribution in [0.25, 0.3) is 33.6 Å². The number of imidazole rings is 2. The van der Waals surface area contributed by atoms with Crippen molar-refractivity contribution in [3.8, 4) is 33.6 Å². The van der Waals surface area contributed by atoms with Gasteiger partial charge in [-0.15, -0.1) is 0 Å². The summed E-state index contributed by atoms with van der Waals surface area (Å²) in [7, 11) is 3.40. The maximum atomic E-state index is 13.9. The van der Waals surface area contributed by atoms with Crippen LogP contribution >= 0.6 is 0 Å². The molecule has 0 saturated carbocycles. The first-order valence-electron chi connectivity index (χ1n) is 19.8. The first kappa shape index (κ1) is 38.8. The van der Waals surface area contributed by atoms with Crippen LogP contribution in [0.1, 0.15) is 77.1 Å². The van der Waals surface area contributed by atoms with Crippen molar-refractivity contribution in [1.29, 1.82) is 0 Å². The van der Waals surface area contributed by atoms with Gasteiger partial charge in [0.1, 0.15) is 23.7 Å². The van der Waals surface area contributed by atoms with Crippen molar-refractivity contribution in [3.63, 3.8) is 0 Å². The minimum Gasteiger partial charge on any atom is -0.344 e. The van der Waals surface area contributed by atoms with E-state index in [4.69, 9.17) is 14.9 Å². The number of benzene rings is 2. The number of nitrogens with zero attached hydrogens (tertiary/aromatic N) is 7. The Balaban J connectivity index is 0.993. The van der Waals surface area contributed by atoms with Crippen molar-refractivity contribution < 1.29 is 19.4 Å². The molecule has 0 unspecified atom stereocenters. The van der Waals surface area contributed by atoms with E-state index in [1.54, 1.807) is 0 Å². The second kappa shape index (κ2) is 17.1. The van der Waals surface area contributed by atoms with Crippen LogP contribution in [-0.4, -0.2) is 111 Å². The van der Waals surface area contributed by atoms with Gasteiger partial charge in [0, 0.05) is 26.7 Å². The summed E-state index contributed by atoms with van der Waals surface area (Å²) in [6.45, 7) is 11.1. The molecule has 0 radical (unpaired) electrons. The van der Waals surface area contributed by atoms with Gasteiger partial charge in [-0.05, 0) is 59.8 Å². The van der Waals surface area contributed by atoms with Crippen LogP contribution in [0.4, 0.5) is 0 Å². The average molecular weight is 763 g/mol. The Kier molecular flexibility index (Phi) is 11.8. The summed E-state index contributed by atoms with van der Waals surface area (Å²) < 4.78 is 0. The number of aliphatic imine (C=N–C) groups is 2. The summed E-state index contributed by atoms with van der Waals surface area (Å²) in [6.07, 6.45) is 8.45. The van der Waals surface area contributed by atoms with E-state index >= 15 is 0 Å². The molecule has 0 bridgehead atoms. The number of nitrogens with one attached hydrogen (secondary N) is 3. The largest absolute Gasteiger partial charge is 0.344 e. The zero-order valence-electron chi connectivity index (χ0n) is 33.2. The highest BCUT2D eigenvalue weighted by Crippen LogP contribution is 2.35. The van der Waals surface area contributed by atoms with E-state index in [1.165, 1.54) is 13.5 Å². The summed E-state index contributed by atoms with van der Waals surface area (Å²) >= 11 is 0. The Hall–Kier alpha value is -5.50. The van der Waals surface area contributed by atoms with E-state index in [1.807, 2.05) is 43.1 Å². The van der Waals surface area contributed by atoms with Gasteiger partial charge in [0.25, 0.3) is 0 Å². The number of aromatic amines is 2. The standard InChI is InChI=1S/C42H54N10O4/c1-26(2)36(46-25-56-55-6)40(53)51-20-7-9-34(51)38-44-23-32(47-38)30-15-11-28(12-16-30)29-13-17-31(18-14-29)33-24-45-39(48-33)35-10-8-21-52(35)41(54)37(27(3)4)49-42-43-19-22-50(42)5/h11-18,23-27,34-37H,7-10,19-22H2,1-6H3,(H,43,49)(H,44,47)(H,45,48)/t34-,35-,36-,37-/m0/s1. The van der Waals surface area contributed by atoms with Crippen LogP contribution in [0.15, 0.2) is 70.9 Å². The van der Waals surface area contributed by atoms with Gasteiger partial charge in [0.05, 0.1) is 49.5 Å². The first-order chi connectivity index (χ1) is 27.1. The molecular weight excluding hydrogens is 709 g/mol. The molecule has 14 nitrogen and oxygen atoms in total.